The summed E-state index contributed by atoms with van der Waals surface area (Å²) in [5, 5.41) is 22.9. The van der Waals surface area contributed by atoms with Crippen LogP contribution in [0.15, 0.2) is 0 Å². The van der Waals surface area contributed by atoms with Crippen LogP contribution in [0.3, 0.4) is 0 Å². The molecule has 0 radical (unpaired) electrons. The Kier molecular flexibility index (Phi) is 6.61. The Labute approximate surface area is 124 Å². The van der Waals surface area contributed by atoms with E-state index < -0.39 is 24.0 Å². The van der Waals surface area contributed by atoms with Crippen molar-refractivity contribution in [1.29, 1.82) is 0 Å². The van der Waals surface area contributed by atoms with Crippen molar-refractivity contribution in [2.24, 2.45) is 5.92 Å². The number of carboxylic acids is 1. The maximum absolute atomic E-state index is 11.7. The Morgan fingerprint density at radius 2 is 1.71 bits per heavy atom. The lowest BCUT2D eigenvalue weighted by atomic mass is 9.87. The Morgan fingerprint density at radius 1 is 1.10 bits per heavy atom. The maximum atomic E-state index is 11.7. The highest BCUT2D eigenvalue weighted by Crippen LogP contribution is 2.25. The average Bonchev–Trinajstić information content (AvgIpc) is 2.44. The van der Waals surface area contributed by atoms with Gasteiger partial charge in [-0.2, -0.15) is 0 Å². The molecule has 1 rings (SSSR count). The molecule has 0 aromatic rings. The van der Waals surface area contributed by atoms with Crippen molar-refractivity contribution >= 4 is 17.8 Å². The summed E-state index contributed by atoms with van der Waals surface area (Å²) in [5.74, 6) is -1.70. The molecule has 1 unspecified atom stereocenters. The summed E-state index contributed by atoms with van der Waals surface area (Å²) in [6.45, 7) is 0.484. The van der Waals surface area contributed by atoms with Crippen molar-refractivity contribution in [1.82, 2.24) is 10.6 Å². The molecule has 4 N–H and O–H groups in total. The SMILES string of the molecule is CC(O)(CNC(=O)CNC(=O)CC1CCCCC1)C(=O)O. The van der Waals surface area contributed by atoms with E-state index in [0.717, 1.165) is 32.6 Å². The zero-order chi connectivity index (χ0) is 15.9. The summed E-state index contributed by atoms with van der Waals surface area (Å²) in [4.78, 5) is 33.8. The van der Waals surface area contributed by atoms with Gasteiger partial charge < -0.3 is 20.8 Å². The van der Waals surface area contributed by atoms with Crippen LogP contribution >= 0.6 is 0 Å². The highest BCUT2D eigenvalue weighted by Gasteiger charge is 2.30. The van der Waals surface area contributed by atoms with Crippen molar-refractivity contribution in [2.45, 2.75) is 51.0 Å². The van der Waals surface area contributed by atoms with E-state index in [2.05, 4.69) is 10.6 Å². The molecule has 0 saturated heterocycles. The van der Waals surface area contributed by atoms with Gasteiger partial charge in [0.2, 0.25) is 11.8 Å². The summed E-state index contributed by atoms with van der Waals surface area (Å²) < 4.78 is 0. The molecular weight excluding hydrogens is 276 g/mol. The minimum absolute atomic E-state index is 0.165. The van der Waals surface area contributed by atoms with Crippen LogP contribution in [0.25, 0.3) is 0 Å². The second kappa shape index (κ2) is 7.97. The van der Waals surface area contributed by atoms with Gasteiger partial charge in [-0.05, 0) is 25.7 Å². The number of carbonyl (C=O) groups excluding carboxylic acids is 2. The van der Waals surface area contributed by atoms with Gasteiger partial charge in [0.05, 0.1) is 13.1 Å². The van der Waals surface area contributed by atoms with Crippen LogP contribution in [0.5, 0.6) is 0 Å². The standard InChI is InChI=1S/C14H24N2O5/c1-14(21,13(19)20)9-16-12(18)8-15-11(17)7-10-5-3-2-4-6-10/h10,21H,2-9H2,1H3,(H,15,17)(H,16,18)(H,19,20). The largest absolute Gasteiger partial charge is 0.479 e. The van der Waals surface area contributed by atoms with Crippen LogP contribution in [-0.2, 0) is 14.4 Å². The van der Waals surface area contributed by atoms with E-state index in [4.69, 9.17) is 5.11 Å². The molecular formula is C14H24N2O5. The van der Waals surface area contributed by atoms with Crippen LogP contribution in [0.2, 0.25) is 0 Å². The molecule has 0 bridgehead atoms. The average molecular weight is 300 g/mol. The van der Waals surface area contributed by atoms with Gasteiger partial charge >= 0.3 is 5.97 Å². The van der Waals surface area contributed by atoms with E-state index in [1.54, 1.807) is 0 Å². The number of carbonyl (C=O) groups is 3. The topological polar surface area (TPSA) is 116 Å². The number of aliphatic carboxylic acids is 1. The molecule has 0 spiro atoms. The van der Waals surface area contributed by atoms with E-state index in [9.17, 15) is 19.5 Å². The molecule has 0 aromatic heterocycles. The van der Waals surface area contributed by atoms with E-state index >= 15 is 0 Å². The molecule has 21 heavy (non-hydrogen) atoms. The quantitative estimate of drug-likeness (QED) is 0.529. The van der Waals surface area contributed by atoms with Crippen LogP contribution in [-0.4, -0.2) is 46.7 Å². The normalized spacial score (nSPS) is 18.6. The first-order valence-corrected chi connectivity index (χ1v) is 7.30. The molecule has 120 valence electrons. The van der Waals surface area contributed by atoms with Crippen molar-refractivity contribution in [3.63, 3.8) is 0 Å². The molecule has 1 aliphatic rings. The fraction of sp³-hybridized carbons (Fsp3) is 0.786. The number of aliphatic hydroxyl groups is 1. The number of hydrogen-bond donors (Lipinski definition) is 4. The predicted molar refractivity (Wildman–Crippen MR) is 75.5 cm³/mol. The molecule has 1 fully saturated rings. The zero-order valence-corrected chi connectivity index (χ0v) is 12.4. The molecule has 0 aromatic carbocycles. The number of amides is 2. The van der Waals surface area contributed by atoms with E-state index in [-0.39, 0.29) is 12.5 Å². The minimum Gasteiger partial charge on any atom is -0.479 e. The lowest BCUT2D eigenvalue weighted by Crippen LogP contribution is -2.48. The third-order valence-corrected chi connectivity index (χ3v) is 3.74. The van der Waals surface area contributed by atoms with Gasteiger partial charge in [0.1, 0.15) is 0 Å². The second-order valence-electron chi connectivity index (χ2n) is 5.84. The highest BCUT2D eigenvalue weighted by molar-refractivity contribution is 5.85. The number of rotatable bonds is 7. The van der Waals surface area contributed by atoms with Crippen LogP contribution in [0.4, 0.5) is 0 Å². The third kappa shape index (κ3) is 6.57. The first-order valence-electron chi connectivity index (χ1n) is 7.30. The first kappa shape index (κ1) is 17.4. The fourth-order valence-corrected chi connectivity index (χ4v) is 2.31. The van der Waals surface area contributed by atoms with E-state index in [1.807, 2.05) is 0 Å². The smallest absolute Gasteiger partial charge is 0.337 e. The molecule has 1 aliphatic carbocycles. The zero-order valence-electron chi connectivity index (χ0n) is 12.4. The Bertz CT molecular complexity index is 389. The Balaban J connectivity index is 2.20. The first-order chi connectivity index (χ1) is 9.81. The highest BCUT2D eigenvalue weighted by atomic mass is 16.4. The maximum Gasteiger partial charge on any atom is 0.337 e. The van der Waals surface area contributed by atoms with Crippen molar-refractivity contribution in [2.75, 3.05) is 13.1 Å². The number of carboxylic acid groups (broad SMARTS) is 1. The van der Waals surface area contributed by atoms with Crippen LogP contribution < -0.4 is 10.6 Å². The van der Waals surface area contributed by atoms with E-state index in [0.29, 0.717) is 12.3 Å². The summed E-state index contributed by atoms with van der Waals surface area (Å²) in [6, 6.07) is 0. The summed E-state index contributed by atoms with van der Waals surface area (Å²) in [7, 11) is 0. The van der Waals surface area contributed by atoms with Gasteiger partial charge in [0.25, 0.3) is 0 Å². The number of hydrogen-bond acceptors (Lipinski definition) is 4. The summed E-state index contributed by atoms with van der Waals surface area (Å²) in [6.07, 6.45) is 6.08. The van der Waals surface area contributed by atoms with Gasteiger partial charge in [0, 0.05) is 6.42 Å². The number of nitrogens with one attached hydrogen (secondary N) is 2. The van der Waals surface area contributed by atoms with Crippen LogP contribution in [0.1, 0.15) is 45.4 Å². The summed E-state index contributed by atoms with van der Waals surface area (Å²) >= 11 is 0. The van der Waals surface area contributed by atoms with Crippen molar-refractivity contribution < 1.29 is 24.6 Å². The van der Waals surface area contributed by atoms with E-state index in [1.165, 1.54) is 6.42 Å². The molecule has 1 atom stereocenters. The molecule has 7 heteroatoms. The van der Waals surface area contributed by atoms with Crippen LogP contribution in [0, 0.1) is 5.92 Å². The molecule has 0 heterocycles. The third-order valence-electron chi connectivity index (χ3n) is 3.74. The molecule has 0 aliphatic heterocycles. The van der Waals surface area contributed by atoms with Gasteiger partial charge in [-0.15, -0.1) is 0 Å². The lowest BCUT2D eigenvalue weighted by molar-refractivity contribution is -0.156. The van der Waals surface area contributed by atoms with Gasteiger partial charge in [-0.1, -0.05) is 19.3 Å². The monoisotopic (exact) mass is 300 g/mol. The molecule has 7 nitrogen and oxygen atoms in total. The second-order valence-corrected chi connectivity index (χ2v) is 5.84. The molecule has 1 saturated carbocycles. The Hall–Kier alpha value is -1.63. The van der Waals surface area contributed by atoms with Gasteiger partial charge in [0.15, 0.2) is 5.60 Å². The fourth-order valence-electron chi connectivity index (χ4n) is 2.31. The lowest BCUT2D eigenvalue weighted by Gasteiger charge is -2.21. The minimum atomic E-state index is -2.01. The summed E-state index contributed by atoms with van der Waals surface area (Å²) in [5.41, 5.74) is -2.01. The van der Waals surface area contributed by atoms with Crippen molar-refractivity contribution in [3.8, 4) is 0 Å². The van der Waals surface area contributed by atoms with Gasteiger partial charge in [-0.3, -0.25) is 9.59 Å². The van der Waals surface area contributed by atoms with Gasteiger partial charge in [-0.25, -0.2) is 4.79 Å². The van der Waals surface area contributed by atoms with Crippen molar-refractivity contribution in [3.05, 3.63) is 0 Å². The Morgan fingerprint density at radius 3 is 2.29 bits per heavy atom. The molecule has 2 amide bonds. The predicted octanol–water partition coefficient (Wildman–Crippen LogP) is 0.0248.